The van der Waals surface area contributed by atoms with Crippen LogP contribution in [0.1, 0.15) is 37.3 Å². The molecule has 2 heteroatoms. The largest absolute Gasteiger partial charge is 0.504 e. The second-order valence-electron chi connectivity index (χ2n) is 5.17. The minimum Gasteiger partial charge on any atom is -0.504 e. The van der Waals surface area contributed by atoms with Crippen molar-refractivity contribution in [3.8, 4) is 17.2 Å². The normalized spacial score (nSPS) is 10.5. The first-order valence-electron chi connectivity index (χ1n) is 7.25. The Labute approximate surface area is 121 Å². The fraction of sp³-hybridized carbons (Fsp3) is 0.333. The molecule has 0 aliphatic heterocycles. The lowest BCUT2D eigenvalue weighted by atomic mass is 10.1. The molecule has 0 radical (unpaired) electrons. The number of phenols is 1. The molecule has 2 nitrogen and oxygen atoms in total. The summed E-state index contributed by atoms with van der Waals surface area (Å²) in [4.78, 5) is 0. The van der Waals surface area contributed by atoms with Gasteiger partial charge in [0.1, 0.15) is 5.75 Å². The van der Waals surface area contributed by atoms with Gasteiger partial charge in [-0.15, -0.1) is 0 Å². The van der Waals surface area contributed by atoms with Crippen LogP contribution in [-0.2, 0) is 6.42 Å². The highest BCUT2D eigenvalue weighted by Crippen LogP contribution is 2.31. The number of ether oxygens (including phenoxy) is 1. The molecule has 1 N–H and O–H groups in total. The molecule has 0 aromatic heterocycles. The van der Waals surface area contributed by atoms with Crippen molar-refractivity contribution >= 4 is 0 Å². The summed E-state index contributed by atoms with van der Waals surface area (Å²) in [5.41, 5.74) is 2.35. The van der Waals surface area contributed by atoms with Crippen LogP contribution in [0, 0.1) is 6.92 Å². The van der Waals surface area contributed by atoms with Crippen LogP contribution in [0.2, 0.25) is 0 Å². The van der Waals surface area contributed by atoms with E-state index >= 15 is 0 Å². The standard InChI is InChI=1S/C18H22O2/c1-3-4-5-6-15-9-12-18(17(19)13-15)20-16-10-7-14(2)8-11-16/h7-13,19H,3-6H2,1-2H3. The molecule has 0 saturated heterocycles. The zero-order chi connectivity index (χ0) is 14.4. The molecule has 0 fully saturated rings. The van der Waals surface area contributed by atoms with E-state index in [0.29, 0.717) is 5.75 Å². The number of aryl methyl sites for hydroxylation is 2. The van der Waals surface area contributed by atoms with Crippen molar-refractivity contribution in [2.75, 3.05) is 0 Å². The van der Waals surface area contributed by atoms with Crippen molar-refractivity contribution in [2.45, 2.75) is 39.5 Å². The van der Waals surface area contributed by atoms with Crippen LogP contribution in [-0.4, -0.2) is 5.11 Å². The second-order valence-corrected chi connectivity index (χ2v) is 5.17. The Bertz CT molecular complexity index is 544. The summed E-state index contributed by atoms with van der Waals surface area (Å²) in [7, 11) is 0. The van der Waals surface area contributed by atoms with Crippen molar-refractivity contribution in [3.05, 3.63) is 53.6 Å². The summed E-state index contributed by atoms with van der Waals surface area (Å²) in [5, 5.41) is 10.0. The molecule has 2 aromatic rings. The highest BCUT2D eigenvalue weighted by molar-refractivity contribution is 5.44. The van der Waals surface area contributed by atoms with E-state index in [1.165, 1.54) is 18.4 Å². The average Bonchev–Trinajstić information content (AvgIpc) is 2.44. The summed E-state index contributed by atoms with van der Waals surface area (Å²) in [6.07, 6.45) is 4.60. The van der Waals surface area contributed by atoms with Crippen LogP contribution in [0.5, 0.6) is 17.2 Å². The number of aromatic hydroxyl groups is 1. The summed E-state index contributed by atoms with van der Waals surface area (Å²) >= 11 is 0. The van der Waals surface area contributed by atoms with Crippen LogP contribution in [0.4, 0.5) is 0 Å². The number of phenolic OH excluding ortho intramolecular Hbond substituents is 1. The summed E-state index contributed by atoms with van der Waals surface area (Å²) in [6, 6.07) is 13.5. The zero-order valence-corrected chi connectivity index (χ0v) is 12.2. The summed E-state index contributed by atoms with van der Waals surface area (Å²) in [6.45, 7) is 4.22. The third-order valence-electron chi connectivity index (χ3n) is 3.34. The van der Waals surface area contributed by atoms with Gasteiger partial charge in [0.15, 0.2) is 11.5 Å². The fourth-order valence-corrected chi connectivity index (χ4v) is 2.12. The predicted octanol–water partition coefficient (Wildman–Crippen LogP) is 5.23. The molecule has 0 heterocycles. The van der Waals surface area contributed by atoms with Crippen LogP contribution in [0.3, 0.4) is 0 Å². The van der Waals surface area contributed by atoms with E-state index in [0.717, 1.165) is 24.2 Å². The quantitative estimate of drug-likeness (QED) is 0.729. The molecule has 0 aliphatic rings. The molecule has 2 aromatic carbocycles. The molecule has 2 rings (SSSR count). The van der Waals surface area contributed by atoms with Crippen molar-refractivity contribution in [1.29, 1.82) is 0 Å². The Morgan fingerprint density at radius 1 is 1.00 bits per heavy atom. The third-order valence-corrected chi connectivity index (χ3v) is 3.34. The molecule has 0 unspecified atom stereocenters. The highest BCUT2D eigenvalue weighted by atomic mass is 16.5. The van der Waals surface area contributed by atoms with Gasteiger partial charge in [-0.1, -0.05) is 43.5 Å². The minimum atomic E-state index is 0.208. The van der Waals surface area contributed by atoms with Gasteiger partial charge in [0.25, 0.3) is 0 Å². The molecule has 0 bridgehead atoms. The zero-order valence-electron chi connectivity index (χ0n) is 12.2. The first kappa shape index (κ1) is 14.4. The van der Waals surface area contributed by atoms with Gasteiger partial charge in [0.05, 0.1) is 0 Å². The van der Waals surface area contributed by atoms with Crippen molar-refractivity contribution in [3.63, 3.8) is 0 Å². The van der Waals surface area contributed by atoms with E-state index in [-0.39, 0.29) is 5.75 Å². The lowest BCUT2D eigenvalue weighted by Gasteiger charge is -2.09. The van der Waals surface area contributed by atoms with Gasteiger partial charge in [0.2, 0.25) is 0 Å². The monoisotopic (exact) mass is 270 g/mol. The van der Waals surface area contributed by atoms with Gasteiger partial charge in [-0.25, -0.2) is 0 Å². The van der Waals surface area contributed by atoms with Gasteiger partial charge < -0.3 is 9.84 Å². The molecule has 0 aliphatic carbocycles. The molecular formula is C18H22O2. The Morgan fingerprint density at radius 2 is 1.75 bits per heavy atom. The maximum Gasteiger partial charge on any atom is 0.169 e. The number of hydrogen-bond acceptors (Lipinski definition) is 2. The van der Waals surface area contributed by atoms with E-state index in [9.17, 15) is 5.11 Å². The Morgan fingerprint density at radius 3 is 2.40 bits per heavy atom. The topological polar surface area (TPSA) is 29.5 Å². The number of unbranched alkanes of at least 4 members (excludes halogenated alkanes) is 2. The first-order valence-corrected chi connectivity index (χ1v) is 7.25. The average molecular weight is 270 g/mol. The van der Waals surface area contributed by atoms with Crippen molar-refractivity contribution in [2.24, 2.45) is 0 Å². The number of hydrogen-bond donors (Lipinski definition) is 1. The van der Waals surface area contributed by atoms with Gasteiger partial charge in [-0.2, -0.15) is 0 Å². The Balaban J connectivity index is 2.03. The predicted molar refractivity (Wildman–Crippen MR) is 82.6 cm³/mol. The molecular weight excluding hydrogens is 248 g/mol. The maximum atomic E-state index is 10.0. The molecule has 20 heavy (non-hydrogen) atoms. The Kier molecular flexibility index (Phi) is 5.05. The van der Waals surface area contributed by atoms with Gasteiger partial charge in [-0.05, 0) is 49.6 Å². The third kappa shape index (κ3) is 4.02. The molecule has 106 valence electrons. The van der Waals surface area contributed by atoms with Crippen LogP contribution < -0.4 is 4.74 Å². The summed E-state index contributed by atoms with van der Waals surface area (Å²) in [5.74, 6) is 1.46. The van der Waals surface area contributed by atoms with Crippen molar-refractivity contribution in [1.82, 2.24) is 0 Å². The molecule has 0 atom stereocenters. The van der Waals surface area contributed by atoms with Crippen LogP contribution in [0.25, 0.3) is 0 Å². The molecule has 0 amide bonds. The molecule has 0 saturated carbocycles. The van der Waals surface area contributed by atoms with E-state index in [1.807, 2.05) is 43.3 Å². The second kappa shape index (κ2) is 6.99. The lowest BCUT2D eigenvalue weighted by Crippen LogP contribution is -1.89. The van der Waals surface area contributed by atoms with E-state index < -0.39 is 0 Å². The Hall–Kier alpha value is -1.96. The van der Waals surface area contributed by atoms with Crippen LogP contribution in [0.15, 0.2) is 42.5 Å². The van der Waals surface area contributed by atoms with Crippen molar-refractivity contribution < 1.29 is 9.84 Å². The lowest BCUT2D eigenvalue weighted by molar-refractivity contribution is 0.410. The first-order chi connectivity index (χ1) is 9.69. The maximum absolute atomic E-state index is 10.0. The number of rotatable bonds is 6. The minimum absolute atomic E-state index is 0.208. The van der Waals surface area contributed by atoms with Gasteiger partial charge in [-0.3, -0.25) is 0 Å². The number of benzene rings is 2. The van der Waals surface area contributed by atoms with E-state index in [4.69, 9.17) is 4.74 Å². The SMILES string of the molecule is CCCCCc1ccc(Oc2ccc(C)cc2)c(O)c1. The fourth-order valence-electron chi connectivity index (χ4n) is 2.12. The van der Waals surface area contributed by atoms with Gasteiger partial charge in [0, 0.05) is 0 Å². The van der Waals surface area contributed by atoms with E-state index in [2.05, 4.69) is 6.92 Å². The highest BCUT2D eigenvalue weighted by Gasteiger charge is 2.05. The van der Waals surface area contributed by atoms with Crippen LogP contribution >= 0.6 is 0 Å². The summed E-state index contributed by atoms with van der Waals surface area (Å²) < 4.78 is 5.69. The smallest absolute Gasteiger partial charge is 0.169 e. The van der Waals surface area contributed by atoms with Gasteiger partial charge >= 0.3 is 0 Å². The van der Waals surface area contributed by atoms with E-state index in [1.54, 1.807) is 6.07 Å². The molecule has 0 spiro atoms.